The van der Waals surface area contributed by atoms with Crippen LogP contribution in [-0.2, 0) is 38.3 Å². The molecule has 0 aromatic heterocycles. The third-order valence-corrected chi connectivity index (χ3v) is 0. The van der Waals surface area contributed by atoms with Crippen LogP contribution in [0.15, 0.2) is 0 Å². The van der Waals surface area contributed by atoms with Crippen molar-refractivity contribution >= 4 is 0 Å². The second-order valence-corrected chi connectivity index (χ2v) is 1.68. The van der Waals surface area contributed by atoms with E-state index in [-0.39, 0.29) is 23.2 Å². The van der Waals surface area contributed by atoms with Gasteiger partial charge in [-0.25, -0.2) is 0 Å². The van der Waals surface area contributed by atoms with Gasteiger partial charge in [-0.05, 0) is 0 Å². The first-order valence-corrected chi connectivity index (χ1v) is 2.75. The Morgan fingerprint density at radius 2 is 1.14 bits per heavy atom. The van der Waals surface area contributed by atoms with Crippen LogP contribution in [0.25, 0.3) is 0 Å². The Bertz CT molecular complexity index is 94.9. The summed E-state index contributed by atoms with van der Waals surface area (Å²) in [6.45, 7) is 0. The number of rotatable bonds is 0. The van der Waals surface area contributed by atoms with E-state index in [2.05, 4.69) is 0 Å². The van der Waals surface area contributed by atoms with Crippen LogP contribution < -0.4 is 14.5 Å². The van der Waals surface area contributed by atoms with Crippen molar-refractivity contribution in [3.63, 3.8) is 0 Å². The van der Waals surface area contributed by atoms with Gasteiger partial charge in [0.25, 0.3) is 0 Å². The summed E-state index contributed by atoms with van der Waals surface area (Å²) >= 11 is -5.75. The van der Waals surface area contributed by atoms with E-state index >= 15 is 0 Å². The van der Waals surface area contributed by atoms with Gasteiger partial charge in [-0.2, -0.15) is 0 Å². The Morgan fingerprint density at radius 1 is 1.14 bits per heavy atom. The van der Waals surface area contributed by atoms with Crippen molar-refractivity contribution in [3.8, 4) is 0 Å². The molecule has 0 aliphatic rings. The predicted octanol–water partition coefficient (Wildman–Crippen LogP) is -2.46. The fraction of sp³-hybridized carbons (Fsp3) is 0. The van der Waals surface area contributed by atoms with Crippen molar-refractivity contribution in [2.75, 3.05) is 0 Å². The molecule has 0 aliphatic heterocycles. The van der Waals surface area contributed by atoms with Crippen molar-refractivity contribution in [3.05, 3.63) is 0 Å². The summed E-state index contributed by atoms with van der Waals surface area (Å²) in [5.41, 5.74) is 0. The SMILES string of the molecule is N.[Cu+2].[O]=[Cr](=[O])([O-])[O-]. The standard InChI is InChI=1S/Cr.Cu.H3N.4O/h;;1H3;;;;/q;+2;;;;2*-1. The van der Waals surface area contributed by atoms with Crippen molar-refractivity contribution in [1.82, 2.24) is 6.15 Å². The first-order chi connectivity index (χ1) is 2.00. The molecule has 0 aromatic carbocycles. The molecule has 1 radical (unpaired) electrons. The molecule has 0 aliphatic carbocycles. The van der Waals surface area contributed by atoms with Crippen LogP contribution in [0, 0.1) is 0 Å². The Morgan fingerprint density at radius 3 is 1.14 bits per heavy atom. The van der Waals surface area contributed by atoms with Gasteiger partial charge in [-0.1, -0.05) is 0 Å². The van der Waals surface area contributed by atoms with E-state index in [1.807, 2.05) is 0 Å². The Kier molecular flexibility index (Phi) is 10.5. The second-order valence-electron chi connectivity index (χ2n) is 0.408. The average molecular weight is 197 g/mol. The van der Waals surface area contributed by atoms with Gasteiger partial charge in [-0.3, -0.25) is 0 Å². The quantitative estimate of drug-likeness (QED) is 0.432. The van der Waals surface area contributed by atoms with Crippen LogP contribution in [0.5, 0.6) is 0 Å². The molecule has 49 valence electrons. The van der Waals surface area contributed by atoms with Gasteiger partial charge in [0.1, 0.15) is 0 Å². The Labute approximate surface area is 53.2 Å². The van der Waals surface area contributed by atoms with Crippen LogP contribution in [0.1, 0.15) is 0 Å². The molecule has 0 fully saturated rings. The first kappa shape index (κ1) is 15.6. The Hall–Kier alpha value is 0.532. The molecular weight excluding hydrogens is 194 g/mol. The molecule has 0 spiro atoms. The summed E-state index contributed by atoms with van der Waals surface area (Å²) in [6, 6.07) is 0. The first-order valence-electron chi connectivity index (χ1n) is 0.667. The molecule has 7 heavy (non-hydrogen) atoms. The fourth-order valence-electron chi connectivity index (χ4n) is 0. The third kappa shape index (κ3) is 474. The molecule has 0 heterocycles. The molecule has 0 aromatic rings. The van der Waals surface area contributed by atoms with E-state index in [1.54, 1.807) is 0 Å². The monoisotopic (exact) mass is 196 g/mol. The van der Waals surface area contributed by atoms with E-state index in [1.165, 1.54) is 0 Å². The molecule has 0 bridgehead atoms. The second kappa shape index (κ2) is 4.69. The van der Waals surface area contributed by atoms with E-state index in [9.17, 15) is 0 Å². The predicted molar refractivity (Wildman–Crippen MR) is 6.40 cm³/mol. The summed E-state index contributed by atoms with van der Waals surface area (Å²) < 4.78 is 34.4. The van der Waals surface area contributed by atoms with E-state index in [0.717, 1.165) is 0 Å². The average Bonchev–Trinajstić information content (AvgIpc) is 0.722. The van der Waals surface area contributed by atoms with Gasteiger partial charge in [-0.15, -0.1) is 0 Å². The van der Waals surface area contributed by atoms with Gasteiger partial charge in [0.05, 0.1) is 0 Å². The molecule has 0 saturated heterocycles. The van der Waals surface area contributed by atoms with E-state index in [4.69, 9.17) is 15.9 Å². The summed E-state index contributed by atoms with van der Waals surface area (Å²) in [5.74, 6) is 0. The minimum atomic E-state index is -5.75. The fourth-order valence-corrected chi connectivity index (χ4v) is 0. The zero-order chi connectivity index (χ0) is 4.50. The molecule has 0 saturated carbocycles. The Balaban J connectivity index is -0.0000000800. The number of hydrogen-bond donors (Lipinski definition) is 1. The minimum absolute atomic E-state index is 0. The van der Waals surface area contributed by atoms with E-state index in [0.29, 0.717) is 0 Å². The van der Waals surface area contributed by atoms with Crippen molar-refractivity contribution in [1.29, 1.82) is 0 Å². The number of hydrogen-bond acceptors (Lipinski definition) is 5. The van der Waals surface area contributed by atoms with Gasteiger partial charge in [0.2, 0.25) is 0 Å². The molecule has 7 heteroatoms. The van der Waals surface area contributed by atoms with E-state index < -0.39 is 13.6 Å². The zero-order valence-electron chi connectivity index (χ0n) is 3.05. The van der Waals surface area contributed by atoms with Crippen LogP contribution in [0.4, 0.5) is 0 Å². The molecule has 0 atom stereocenters. The van der Waals surface area contributed by atoms with Crippen molar-refractivity contribution in [2.24, 2.45) is 0 Å². The molecule has 0 amide bonds. The maximum absolute atomic E-state index is 8.59. The van der Waals surface area contributed by atoms with Gasteiger partial charge >= 0.3 is 46.6 Å². The van der Waals surface area contributed by atoms with Crippen molar-refractivity contribution < 1.29 is 46.6 Å². The zero-order valence-corrected chi connectivity index (χ0v) is 5.27. The molecule has 0 rings (SSSR count). The molecule has 5 nitrogen and oxygen atoms in total. The van der Waals surface area contributed by atoms with Crippen LogP contribution in [0.3, 0.4) is 0 Å². The topological polar surface area (TPSA) is 115 Å². The summed E-state index contributed by atoms with van der Waals surface area (Å²) in [5, 5.41) is 0. The van der Waals surface area contributed by atoms with Crippen molar-refractivity contribution in [2.45, 2.75) is 0 Å². The van der Waals surface area contributed by atoms with Gasteiger partial charge in [0.15, 0.2) is 0 Å². The third-order valence-electron chi connectivity index (χ3n) is 0. The molecule has 0 unspecified atom stereocenters. The van der Waals surface area contributed by atoms with Crippen LogP contribution in [0.2, 0.25) is 0 Å². The maximum atomic E-state index is 8.59. The summed E-state index contributed by atoms with van der Waals surface area (Å²) in [4.78, 5) is 0. The normalized spacial score (nSPS) is 8.29. The molecular formula is H3CrCuNO4. The van der Waals surface area contributed by atoms with Gasteiger partial charge in [0, 0.05) is 0 Å². The summed E-state index contributed by atoms with van der Waals surface area (Å²) in [7, 11) is 0. The van der Waals surface area contributed by atoms with Crippen LogP contribution in [-0.4, -0.2) is 0 Å². The molecule has 3 N–H and O–H groups in total. The van der Waals surface area contributed by atoms with Gasteiger partial charge < -0.3 is 6.15 Å². The summed E-state index contributed by atoms with van der Waals surface area (Å²) in [6.07, 6.45) is 0. The van der Waals surface area contributed by atoms with Crippen LogP contribution >= 0.6 is 0 Å².